The highest BCUT2D eigenvalue weighted by atomic mass is 16.4. The second kappa shape index (κ2) is 5.47. The first-order valence-electron chi connectivity index (χ1n) is 5.67. The third-order valence-electron chi connectivity index (χ3n) is 3.12. The molecular weight excluding hydrogens is 194 g/mol. The zero-order valence-electron chi connectivity index (χ0n) is 9.52. The van der Waals surface area contributed by atoms with Crippen LogP contribution in [-0.2, 0) is 4.79 Å². The van der Waals surface area contributed by atoms with Crippen LogP contribution in [0, 0.1) is 5.92 Å². The Bertz CT molecular complexity index is 218. The molecule has 0 spiro atoms. The van der Waals surface area contributed by atoms with E-state index >= 15 is 0 Å². The lowest BCUT2D eigenvalue weighted by Gasteiger charge is -2.37. The first kappa shape index (κ1) is 12.5. The minimum atomic E-state index is -0.729. The number of hydrogen-bond donors (Lipinski definition) is 2. The maximum Gasteiger partial charge on any atom is 0.321 e. The summed E-state index contributed by atoms with van der Waals surface area (Å²) in [6, 6.07) is -0.363. The monoisotopic (exact) mass is 215 g/mol. The molecule has 0 aromatic carbocycles. The summed E-state index contributed by atoms with van der Waals surface area (Å²) in [6.07, 6.45) is 2.35. The minimum Gasteiger partial charge on any atom is -0.480 e. The molecule has 0 bridgehead atoms. The summed E-state index contributed by atoms with van der Waals surface area (Å²) >= 11 is 0. The fourth-order valence-electron chi connectivity index (χ4n) is 2.28. The topological polar surface area (TPSA) is 60.8 Å². The van der Waals surface area contributed by atoms with Crippen molar-refractivity contribution in [1.82, 2.24) is 4.90 Å². The van der Waals surface area contributed by atoms with Gasteiger partial charge in [-0.15, -0.1) is 0 Å². The summed E-state index contributed by atoms with van der Waals surface area (Å²) in [7, 11) is 0. The SMILES string of the molecule is CC(O)CCN1CCCC(C)C1C(=O)O. The summed E-state index contributed by atoms with van der Waals surface area (Å²) in [5.41, 5.74) is 0. The normalized spacial score (nSPS) is 30.1. The third kappa shape index (κ3) is 3.47. The van der Waals surface area contributed by atoms with Gasteiger partial charge in [0.1, 0.15) is 6.04 Å². The summed E-state index contributed by atoms with van der Waals surface area (Å²) < 4.78 is 0. The number of aliphatic hydroxyl groups is 1. The summed E-state index contributed by atoms with van der Waals surface area (Å²) in [5, 5.41) is 18.3. The lowest BCUT2D eigenvalue weighted by Crippen LogP contribution is -2.49. The summed E-state index contributed by atoms with van der Waals surface area (Å²) in [4.78, 5) is 13.1. The molecule has 3 atom stereocenters. The van der Waals surface area contributed by atoms with E-state index in [1.165, 1.54) is 0 Å². The summed E-state index contributed by atoms with van der Waals surface area (Å²) in [5.74, 6) is -0.516. The lowest BCUT2D eigenvalue weighted by molar-refractivity contribution is -0.147. The molecule has 1 rings (SSSR count). The molecule has 4 heteroatoms. The fraction of sp³-hybridized carbons (Fsp3) is 0.909. The van der Waals surface area contributed by atoms with Crippen LogP contribution in [0.4, 0.5) is 0 Å². The van der Waals surface area contributed by atoms with Gasteiger partial charge in [0.15, 0.2) is 0 Å². The van der Waals surface area contributed by atoms with Gasteiger partial charge in [0, 0.05) is 6.54 Å². The number of rotatable bonds is 4. The maximum atomic E-state index is 11.1. The molecule has 4 nitrogen and oxygen atoms in total. The van der Waals surface area contributed by atoms with Crippen LogP contribution in [0.3, 0.4) is 0 Å². The van der Waals surface area contributed by atoms with Crippen LogP contribution in [0.2, 0.25) is 0 Å². The molecule has 0 aromatic heterocycles. The van der Waals surface area contributed by atoms with Crippen LogP contribution in [0.15, 0.2) is 0 Å². The molecule has 1 heterocycles. The molecule has 1 saturated heterocycles. The van der Waals surface area contributed by atoms with E-state index in [2.05, 4.69) is 0 Å². The van der Waals surface area contributed by atoms with Crippen molar-refractivity contribution < 1.29 is 15.0 Å². The molecule has 15 heavy (non-hydrogen) atoms. The van der Waals surface area contributed by atoms with Crippen molar-refractivity contribution in [3.8, 4) is 0 Å². The average Bonchev–Trinajstić information content (AvgIpc) is 2.13. The molecule has 3 unspecified atom stereocenters. The predicted octanol–water partition coefficient (Wildman–Crippen LogP) is 0.942. The number of aliphatic carboxylic acids is 1. The van der Waals surface area contributed by atoms with Crippen molar-refractivity contribution in [3.05, 3.63) is 0 Å². The highest BCUT2D eigenvalue weighted by molar-refractivity contribution is 5.74. The van der Waals surface area contributed by atoms with E-state index in [0.717, 1.165) is 19.4 Å². The van der Waals surface area contributed by atoms with Crippen molar-refractivity contribution >= 4 is 5.97 Å². The lowest BCUT2D eigenvalue weighted by atomic mass is 9.90. The molecule has 1 aliphatic heterocycles. The molecule has 88 valence electrons. The van der Waals surface area contributed by atoms with E-state index in [-0.39, 0.29) is 18.1 Å². The van der Waals surface area contributed by atoms with Gasteiger partial charge in [-0.25, -0.2) is 0 Å². The first-order valence-corrected chi connectivity index (χ1v) is 5.67. The smallest absolute Gasteiger partial charge is 0.321 e. The number of likely N-dealkylation sites (tertiary alicyclic amines) is 1. The van der Waals surface area contributed by atoms with Crippen molar-refractivity contribution in [2.45, 2.75) is 45.3 Å². The van der Waals surface area contributed by atoms with Gasteiger partial charge in [0.2, 0.25) is 0 Å². The van der Waals surface area contributed by atoms with Crippen LogP contribution in [0.1, 0.15) is 33.1 Å². The number of carbonyl (C=O) groups is 1. The van der Waals surface area contributed by atoms with Gasteiger partial charge in [-0.1, -0.05) is 6.92 Å². The quantitative estimate of drug-likeness (QED) is 0.732. The Morgan fingerprint density at radius 3 is 2.80 bits per heavy atom. The Kier molecular flexibility index (Phi) is 4.54. The number of carboxylic acids is 1. The minimum absolute atomic E-state index is 0.213. The van der Waals surface area contributed by atoms with E-state index in [0.29, 0.717) is 13.0 Å². The van der Waals surface area contributed by atoms with E-state index in [1.54, 1.807) is 6.92 Å². The molecule has 2 N–H and O–H groups in total. The number of hydrogen-bond acceptors (Lipinski definition) is 3. The third-order valence-corrected chi connectivity index (χ3v) is 3.12. The zero-order chi connectivity index (χ0) is 11.4. The van der Waals surface area contributed by atoms with Crippen molar-refractivity contribution in [1.29, 1.82) is 0 Å². The molecule has 0 amide bonds. The van der Waals surface area contributed by atoms with Gasteiger partial charge in [0.05, 0.1) is 6.10 Å². The Hall–Kier alpha value is -0.610. The van der Waals surface area contributed by atoms with Gasteiger partial charge in [-0.2, -0.15) is 0 Å². The van der Waals surface area contributed by atoms with Gasteiger partial charge < -0.3 is 10.2 Å². The van der Waals surface area contributed by atoms with Gasteiger partial charge in [-0.3, -0.25) is 9.69 Å². The van der Waals surface area contributed by atoms with Crippen LogP contribution in [0.25, 0.3) is 0 Å². The molecular formula is C11H21NO3. The number of nitrogens with zero attached hydrogens (tertiary/aromatic N) is 1. The van der Waals surface area contributed by atoms with Gasteiger partial charge in [0.25, 0.3) is 0 Å². The second-order valence-corrected chi connectivity index (χ2v) is 4.58. The largest absolute Gasteiger partial charge is 0.480 e. The average molecular weight is 215 g/mol. The molecule has 1 fully saturated rings. The van der Waals surface area contributed by atoms with E-state index < -0.39 is 5.97 Å². The number of aliphatic hydroxyl groups excluding tert-OH is 1. The highest BCUT2D eigenvalue weighted by Crippen LogP contribution is 2.23. The Morgan fingerprint density at radius 2 is 2.27 bits per heavy atom. The Labute approximate surface area is 90.9 Å². The van der Waals surface area contributed by atoms with Crippen LogP contribution < -0.4 is 0 Å². The van der Waals surface area contributed by atoms with Gasteiger partial charge in [-0.05, 0) is 38.6 Å². The number of carboxylic acid groups (broad SMARTS) is 1. The van der Waals surface area contributed by atoms with E-state index in [1.807, 2.05) is 11.8 Å². The first-order chi connectivity index (χ1) is 7.02. The van der Waals surface area contributed by atoms with Crippen molar-refractivity contribution in [3.63, 3.8) is 0 Å². The van der Waals surface area contributed by atoms with E-state index in [9.17, 15) is 9.90 Å². The zero-order valence-corrected chi connectivity index (χ0v) is 9.52. The maximum absolute atomic E-state index is 11.1. The molecule has 0 saturated carbocycles. The predicted molar refractivity (Wildman–Crippen MR) is 57.7 cm³/mol. The van der Waals surface area contributed by atoms with Crippen LogP contribution in [0.5, 0.6) is 0 Å². The Morgan fingerprint density at radius 1 is 1.60 bits per heavy atom. The second-order valence-electron chi connectivity index (χ2n) is 4.58. The molecule has 0 aromatic rings. The van der Waals surface area contributed by atoms with Gasteiger partial charge >= 0.3 is 5.97 Å². The Balaban J connectivity index is 2.54. The standard InChI is InChI=1S/C11H21NO3/c1-8-4-3-6-12(7-5-9(2)13)10(8)11(14)15/h8-10,13H,3-7H2,1-2H3,(H,14,15). The summed E-state index contributed by atoms with van der Waals surface area (Å²) in [6.45, 7) is 5.25. The molecule has 0 radical (unpaired) electrons. The van der Waals surface area contributed by atoms with Crippen LogP contribution in [-0.4, -0.2) is 46.3 Å². The molecule has 0 aliphatic carbocycles. The fourth-order valence-corrected chi connectivity index (χ4v) is 2.28. The molecule has 1 aliphatic rings. The van der Waals surface area contributed by atoms with E-state index in [4.69, 9.17) is 5.11 Å². The highest BCUT2D eigenvalue weighted by Gasteiger charge is 2.33. The number of piperidine rings is 1. The van der Waals surface area contributed by atoms with Crippen molar-refractivity contribution in [2.75, 3.05) is 13.1 Å². The van der Waals surface area contributed by atoms with Crippen molar-refractivity contribution in [2.24, 2.45) is 5.92 Å². The van der Waals surface area contributed by atoms with Crippen LogP contribution >= 0.6 is 0 Å².